The van der Waals surface area contributed by atoms with Crippen LogP contribution < -0.4 is 4.90 Å². The molecule has 0 bridgehead atoms. The maximum Gasteiger partial charge on any atom is 0.261 e. The van der Waals surface area contributed by atoms with Crippen molar-refractivity contribution in [3.8, 4) is 0 Å². The summed E-state index contributed by atoms with van der Waals surface area (Å²) in [6, 6.07) is 11.1. The lowest BCUT2D eigenvalue weighted by Crippen LogP contribution is -2.39. The maximum absolute atomic E-state index is 13.4. The second kappa shape index (κ2) is 10.6. The molecule has 4 nitrogen and oxygen atoms in total. The van der Waals surface area contributed by atoms with Gasteiger partial charge in [0, 0.05) is 18.1 Å². The lowest BCUT2D eigenvalue weighted by Gasteiger charge is -2.25. The Labute approximate surface area is 191 Å². The zero-order valence-electron chi connectivity index (χ0n) is 16.6. The van der Waals surface area contributed by atoms with Crippen molar-refractivity contribution in [2.45, 2.75) is 20.8 Å². The van der Waals surface area contributed by atoms with Gasteiger partial charge in [-0.3, -0.25) is 9.69 Å². The fourth-order valence-electron chi connectivity index (χ4n) is 3.01. The van der Waals surface area contributed by atoms with Crippen LogP contribution in [0.4, 0.5) is 5.13 Å². The number of aryl methyl sites for hydroxylation is 1. The molecule has 0 radical (unpaired) electrons. The minimum atomic E-state index is -0.185. The van der Waals surface area contributed by atoms with Crippen LogP contribution in [-0.4, -0.2) is 42.0 Å². The number of hydrogen-bond donors (Lipinski definition) is 0. The van der Waals surface area contributed by atoms with Crippen molar-refractivity contribution in [1.82, 2.24) is 9.88 Å². The molecule has 0 aliphatic rings. The number of rotatable bonds is 7. The van der Waals surface area contributed by atoms with Gasteiger partial charge in [-0.05, 0) is 55.9 Å². The Morgan fingerprint density at radius 2 is 1.79 bits per heavy atom. The quantitative estimate of drug-likeness (QED) is 0.403. The summed E-state index contributed by atoms with van der Waals surface area (Å²) in [6.45, 7) is 9.42. The van der Waals surface area contributed by atoms with Gasteiger partial charge in [0.05, 0.1) is 20.8 Å². The largest absolute Gasteiger partial charge is 0.302 e. The van der Waals surface area contributed by atoms with Gasteiger partial charge < -0.3 is 4.90 Å². The average molecular weight is 473 g/mol. The molecule has 0 unspecified atom stereocenters. The fourth-order valence-corrected chi connectivity index (χ4v) is 4.47. The van der Waals surface area contributed by atoms with Gasteiger partial charge in [-0.1, -0.05) is 54.5 Å². The van der Waals surface area contributed by atoms with Crippen LogP contribution in [0.5, 0.6) is 0 Å². The van der Waals surface area contributed by atoms with E-state index in [1.54, 1.807) is 23.1 Å². The number of thiazole rings is 1. The number of nitrogens with zero attached hydrogens (tertiary/aromatic N) is 3. The molecule has 8 heteroatoms. The fraction of sp³-hybridized carbons (Fsp3) is 0.333. The molecule has 0 spiro atoms. The molecular weight excluding hydrogens is 449 g/mol. The summed E-state index contributed by atoms with van der Waals surface area (Å²) in [4.78, 5) is 22.1. The zero-order chi connectivity index (χ0) is 20.3. The number of carbonyl (C=O) groups is 1. The second-order valence-corrected chi connectivity index (χ2v) is 8.43. The summed E-state index contributed by atoms with van der Waals surface area (Å²) >= 11 is 13.9. The van der Waals surface area contributed by atoms with Crippen LogP contribution in [0, 0.1) is 6.92 Å². The molecule has 0 aliphatic carbocycles. The number of halogens is 3. The van der Waals surface area contributed by atoms with E-state index in [2.05, 4.69) is 24.8 Å². The third-order valence-corrected chi connectivity index (χ3v) is 6.31. The van der Waals surface area contributed by atoms with E-state index in [-0.39, 0.29) is 18.3 Å². The molecule has 0 saturated heterocycles. The van der Waals surface area contributed by atoms with Crippen LogP contribution in [0.3, 0.4) is 0 Å². The van der Waals surface area contributed by atoms with Gasteiger partial charge in [0.1, 0.15) is 0 Å². The number of likely N-dealkylation sites (N-methyl/N-ethyl adjacent to an activating group) is 1. The number of aromatic nitrogens is 1. The van der Waals surface area contributed by atoms with Crippen LogP contribution >= 0.6 is 46.9 Å². The highest BCUT2D eigenvalue weighted by Crippen LogP contribution is 2.31. The molecule has 1 aromatic heterocycles. The summed E-state index contributed by atoms with van der Waals surface area (Å²) in [6.07, 6.45) is 0. The summed E-state index contributed by atoms with van der Waals surface area (Å²) in [5, 5.41) is 1.55. The second-order valence-electron chi connectivity index (χ2n) is 6.58. The van der Waals surface area contributed by atoms with E-state index in [1.165, 1.54) is 16.9 Å². The number of anilines is 1. The van der Waals surface area contributed by atoms with Crippen LogP contribution in [0.1, 0.15) is 29.8 Å². The molecule has 0 aliphatic heterocycles. The first-order chi connectivity index (χ1) is 13.4. The SMILES string of the molecule is CCN(CC)CCN(C(=O)c1cc(Cl)ccc1Cl)c1nc2ccc(C)cc2s1.Cl. The minimum absolute atomic E-state index is 0. The molecule has 0 fully saturated rings. The third-order valence-electron chi connectivity index (χ3n) is 4.70. The van der Waals surface area contributed by atoms with Crippen molar-refractivity contribution in [1.29, 1.82) is 0 Å². The lowest BCUT2D eigenvalue weighted by atomic mass is 10.2. The highest BCUT2D eigenvalue weighted by atomic mass is 35.5. The molecule has 2 aromatic carbocycles. The van der Waals surface area contributed by atoms with Gasteiger partial charge in [-0.15, -0.1) is 12.4 Å². The first kappa shape index (κ1) is 23.9. The Morgan fingerprint density at radius 3 is 2.48 bits per heavy atom. The number of fused-ring (bicyclic) bond motifs is 1. The van der Waals surface area contributed by atoms with E-state index in [0.717, 1.165) is 29.9 Å². The molecule has 1 heterocycles. The molecule has 1 amide bonds. The Balaban J connectivity index is 0.00000300. The van der Waals surface area contributed by atoms with E-state index >= 15 is 0 Å². The lowest BCUT2D eigenvalue weighted by molar-refractivity contribution is 0.0984. The number of carbonyl (C=O) groups excluding carboxylic acids is 1. The number of benzene rings is 2. The van der Waals surface area contributed by atoms with Crippen molar-refractivity contribution in [3.63, 3.8) is 0 Å². The summed E-state index contributed by atoms with van der Waals surface area (Å²) in [7, 11) is 0. The highest BCUT2D eigenvalue weighted by molar-refractivity contribution is 7.22. The molecule has 3 rings (SSSR count). The molecule has 156 valence electrons. The first-order valence-corrected chi connectivity index (χ1v) is 10.9. The van der Waals surface area contributed by atoms with Gasteiger partial charge in [-0.2, -0.15) is 0 Å². The van der Waals surface area contributed by atoms with Crippen LogP contribution in [0.25, 0.3) is 10.2 Å². The summed E-state index contributed by atoms with van der Waals surface area (Å²) in [5.74, 6) is -0.185. The predicted molar refractivity (Wildman–Crippen MR) is 128 cm³/mol. The average Bonchev–Trinajstić information content (AvgIpc) is 3.09. The van der Waals surface area contributed by atoms with Crippen molar-refractivity contribution in [2.75, 3.05) is 31.1 Å². The Morgan fingerprint density at radius 1 is 1.07 bits per heavy atom. The molecule has 29 heavy (non-hydrogen) atoms. The third kappa shape index (κ3) is 5.62. The molecular formula is C21H24Cl3N3OS. The summed E-state index contributed by atoms with van der Waals surface area (Å²) in [5.41, 5.74) is 2.45. The minimum Gasteiger partial charge on any atom is -0.302 e. The van der Waals surface area contributed by atoms with Crippen molar-refractivity contribution < 1.29 is 4.79 Å². The molecule has 0 atom stereocenters. The number of hydrogen-bond acceptors (Lipinski definition) is 4. The molecule has 0 N–H and O–H groups in total. The Bertz CT molecular complexity index is 988. The van der Waals surface area contributed by atoms with Crippen molar-refractivity contribution in [2.24, 2.45) is 0 Å². The topological polar surface area (TPSA) is 36.4 Å². The van der Waals surface area contributed by atoms with Crippen LogP contribution in [0.15, 0.2) is 36.4 Å². The molecule has 3 aromatic rings. The standard InChI is InChI=1S/C21H23Cl2N3OS.ClH/c1-4-25(5-2)10-11-26(20(27)16-13-15(22)7-8-17(16)23)21-24-18-9-6-14(3)12-19(18)28-21;/h6-9,12-13H,4-5,10-11H2,1-3H3;1H. The van der Waals surface area contributed by atoms with E-state index in [9.17, 15) is 4.79 Å². The number of amides is 1. The van der Waals surface area contributed by atoms with Crippen LogP contribution in [0.2, 0.25) is 10.0 Å². The van der Waals surface area contributed by atoms with Gasteiger partial charge in [0.2, 0.25) is 0 Å². The van der Waals surface area contributed by atoms with E-state index < -0.39 is 0 Å². The van der Waals surface area contributed by atoms with Gasteiger partial charge in [0.25, 0.3) is 5.91 Å². The van der Waals surface area contributed by atoms with Crippen molar-refractivity contribution in [3.05, 3.63) is 57.6 Å². The Kier molecular flexibility index (Phi) is 8.73. The monoisotopic (exact) mass is 471 g/mol. The Hall–Kier alpha value is -1.37. The summed E-state index contributed by atoms with van der Waals surface area (Å²) < 4.78 is 1.06. The first-order valence-electron chi connectivity index (χ1n) is 9.29. The normalized spacial score (nSPS) is 11.0. The zero-order valence-corrected chi connectivity index (χ0v) is 19.8. The van der Waals surface area contributed by atoms with Gasteiger partial charge in [0.15, 0.2) is 5.13 Å². The van der Waals surface area contributed by atoms with Crippen LogP contribution in [-0.2, 0) is 0 Å². The smallest absolute Gasteiger partial charge is 0.261 e. The van der Waals surface area contributed by atoms with E-state index in [1.807, 2.05) is 19.1 Å². The van der Waals surface area contributed by atoms with E-state index in [4.69, 9.17) is 28.2 Å². The molecule has 0 saturated carbocycles. The van der Waals surface area contributed by atoms with Gasteiger partial charge >= 0.3 is 0 Å². The van der Waals surface area contributed by atoms with Crippen molar-refractivity contribution >= 4 is 68.2 Å². The predicted octanol–water partition coefficient (Wildman–Crippen LogP) is 6.32. The van der Waals surface area contributed by atoms with Gasteiger partial charge in [-0.25, -0.2) is 4.98 Å². The van der Waals surface area contributed by atoms with E-state index in [0.29, 0.717) is 27.3 Å². The highest BCUT2D eigenvalue weighted by Gasteiger charge is 2.24. The maximum atomic E-state index is 13.4.